The predicted octanol–water partition coefficient (Wildman–Crippen LogP) is 2.52. The third kappa shape index (κ3) is 6.32. The van der Waals surface area contributed by atoms with Crippen molar-refractivity contribution in [1.29, 1.82) is 0 Å². The van der Waals surface area contributed by atoms with Crippen LogP contribution in [-0.4, -0.2) is 51.1 Å². The molecule has 0 saturated carbocycles. The van der Waals surface area contributed by atoms with Crippen LogP contribution in [0.1, 0.15) is 34.6 Å². The van der Waals surface area contributed by atoms with Crippen LogP contribution in [-0.2, 0) is 16.1 Å². The van der Waals surface area contributed by atoms with Crippen LogP contribution in [0.15, 0.2) is 34.2 Å². The highest BCUT2D eigenvalue weighted by atomic mass is 32.2. The fraction of sp³-hybridized carbons (Fsp3) is 0.524. The second-order valence-corrected chi connectivity index (χ2v) is 8.58. The largest absolute Gasteiger partial charge is 0.352 e. The summed E-state index contributed by atoms with van der Waals surface area (Å²) in [5, 5.41) is 3.90. The average Bonchev–Trinajstić information content (AvgIpc) is 2.66. The molecule has 158 valence electrons. The molecule has 2 rings (SSSR count). The molecule has 1 N–H and O–H groups in total. The highest BCUT2D eigenvalue weighted by molar-refractivity contribution is 7.99. The monoisotopic (exact) mass is 418 g/mol. The number of hydrogen-bond donors (Lipinski definition) is 1. The zero-order valence-electron chi connectivity index (χ0n) is 17.8. The molecule has 0 spiro atoms. The molecule has 2 amide bonds. The lowest BCUT2D eigenvalue weighted by molar-refractivity contribution is -0.134. The molecule has 29 heavy (non-hydrogen) atoms. The molecule has 0 atom stereocenters. The second kappa shape index (κ2) is 10.4. The quantitative estimate of drug-likeness (QED) is 0.500. The van der Waals surface area contributed by atoms with Gasteiger partial charge in [0.15, 0.2) is 5.16 Å². The number of aromatic nitrogens is 2. The van der Waals surface area contributed by atoms with E-state index in [1.165, 1.54) is 16.7 Å². The Morgan fingerprint density at radius 3 is 2.52 bits per heavy atom. The summed E-state index contributed by atoms with van der Waals surface area (Å²) in [6.45, 7) is 10.7. The van der Waals surface area contributed by atoms with Crippen molar-refractivity contribution in [3.05, 3.63) is 34.6 Å². The maximum absolute atomic E-state index is 12.9. The number of carbonyl (C=O) groups is 2. The first-order valence-corrected chi connectivity index (χ1v) is 10.9. The first-order valence-electron chi connectivity index (χ1n) is 9.92. The van der Waals surface area contributed by atoms with Crippen molar-refractivity contribution in [3.8, 4) is 0 Å². The van der Waals surface area contributed by atoms with Crippen molar-refractivity contribution in [2.45, 2.75) is 52.4 Å². The van der Waals surface area contributed by atoms with Gasteiger partial charge in [0.25, 0.3) is 5.56 Å². The van der Waals surface area contributed by atoms with Gasteiger partial charge in [0.2, 0.25) is 11.8 Å². The minimum Gasteiger partial charge on any atom is -0.352 e. The van der Waals surface area contributed by atoms with E-state index in [0.717, 1.165) is 0 Å². The number of rotatable bonds is 9. The first kappa shape index (κ1) is 22.9. The highest BCUT2D eigenvalue weighted by Crippen LogP contribution is 2.19. The number of para-hydroxylation sites is 1. The van der Waals surface area contributed by atoms with Crippen LogP contribution in [0, 0.1) is 5.92 Å². The smallest absolute Gasteiger partial charge is 0.262 e. The molecular weight excluding hydrogens is 388 g/mol. The molecule has 0 saturated heterocycles. The van der Waals surface area contributed by atoms with Crippen molar-refractivity contribution in [2.24, 2.45) is 5.92 Å². The predicted molar refractivity (Wildman–Crippen MR) is 117 cm³/mol. The average molecular weight is 419 g/mol. The Labute approximate surface area is 175 Å². The van der Waals surface area contributed by atoms with Gasteiger partial charge in [0.05, 0.1) is 23.2 Å². The van der Waals surface area contributed by atoms with Crippen molar-refractivity contribution >= 4 is 34.5 Å². The van der Waals surface area contributed by atoms with E-state index in [0.29, 0.717) is 29.1 Å². The maximum Gasteiger partial charge on any atom is 0.262 e. The molecule has 8 heteroatoms. The van der Waals surface area contributed by atoms with E-state index in [1.54, 1.807) is 16.7 Å². The highest BCUT2D eigenvalue weighted by Gasteiger charge is 2.19. The number of nitrogens with one attached hydrogen (secondary N) is 1. The van der Waals surface area contributed by atoms with Crippen LogP contribution >= 0.6 is 11.8 Å². The van der Waals surface area contributed by atoms with E-state index in [2.05, 4.69) is 10.3 Å². The van der Waals surface area contributed by atoms with Gasteiger partial charge in [-0.1, -0.05) is 37.7 Å². The third-order valence-electron chi connectivity index (χ3n) is 4.22. The van der Waals surface area contributed by atoms with Crippen molar-refractivity contribution in [2.75, 3.05) is 18.8 Å². The van der Waals surface area contributed by atoms with Crippen molar-refractivity contribution < 1.29 is 9.59 Å². The number of hydrogen-bond acceptors (Lipinski definition) is 5. The van der Waals surface area contributed by atoms with Gasteiger partial charge in [-0.05, 0) is 38.8 Å². The number of likely N-dealkylation sites (N-methyl/N-ethyl adjacent to an activating group) is 1. The van der Waals surface area contributed by atoms with E-state index in [-0.39, 0.29) is 41.6 Å². The van der Waals surface area contributed by atoms with Crippen LogP contribution in [0.25, 0.3) is 10.9 Å². The summed E-state index contributed by atoms with van der Waals surface area (Å²) >= 11 is 1.24. The van der Waals surface area contributed by atoms with E-state index in [9.17, 15) is 14.4 Å². The minimum atomic E-state index is -0.180. The van der Waals surface area contributed by atoms with E-state index >= 15 is 0 Å². The van der Waals surface area contributed by atoms with Gasteiger partial charge in [-0.25, -0.2) is 4.98 Å². The normalized spacial score (nSPS) is 11.3. The number of nitrogens with zero attached hydrogens (tertiary/aromatic N) is 3. The van der Waals surface area contributed by atoms with Gasteiger partial charge < -0.3 is 10.2 Å². The Bertz CT molecular complexity index is 924. The first-order chi connectivity index (χ1) is 13.7. The molecule has 0 aliphatic carbocycles. The molecule has 1 heterocycles. The van der Waals surface area contributed by atoms with E-state index in [1.807, 2.05) is 46.8 Å². The van der Waals surface area contributed by atoms with Crippen LogP contribution in [0.3, 0.4) is 0 Å². The van der Waals surface area contributed by atoms with Crippen LogP contribution in [0.5, 0.6) is 0 Å². The number of carbonyl (C=O) groups excluding carboxylic acids is 2. The zero-order valence-corrected chi connectivity index (χ0v) is 18.6. The van der Waals surface area contributed by atoms with Gasteiger partial charge in [-0.3, -0.25) is 19.0 Å². The number of benzene rings is 1. The fourth-order valence-corrected chi connectivity index (χ4v) is 3.83. The molecule has 0 fully saturated rings. The number of fused-ring (bicyclic) bond motifs is 1. The Morgan fingerprint density at radius 2 is 1.90 bits per heavy atom. The van der Waals surface area contributed by atoms with Crippen LogP contribution in [0.2, 0.25) is 0 Å². The Balaban J connectivity index is 2.20. The van der Waals surface area contributed by atoms with Crippen LogP contribution < -0.4 is 10.9 Å². The summed E-state index contributed by atoms with van der Waals surface area (Å²) in [5.74, 6) is 0.0410. The summed E-state index contributed by atoms with van der Waals surface area (Å²) < 4.78 is 1.65. The lowest BCUT2D eigenvalue weighted by Gasteiger charge is -2.21. The molecular formula is C21H30N4O3S. The molecule has 0 aliphatic heterocycles. The van der Waals surface area contributed by atoms with Gasteiger partial charge in [-0.2, -0.15) is 0 Å². The Kier molecular flexibility index (Phi) is 8.25. The lowest BCUT2D eigenvalue weighted by atomic mass is 10.2. The van der Waals surface area contributed by atoms with Crippen molar-refractivity contribution in [3.63, 3.8) is 0 Å². The topological polar surface area (TPSA) is 84.3 Å². The fourth-order valence-electron chi connectivity index (χ4n) is 2.92. The van der Waals surface area contributed by atoms with Crippen LogP contribution in [0.4, 0.5) is 0 Å². The molecule has 1 aromatic carbocycles. The Hall–Kier alpha value is -2.35. The zero-order chi connectivity index (χ0) is 21.6. The van der Waals surface area contributed by atoms with Gasteiger partial charge in [0.1, 0.15) is 0 Å². The van der Waals surface area contributed by atoms with Crippen molar-refractivity contribution in [1.82, 2.24) is 19.8 Å². The lowest BCUT2D eigenvalue weighted by Crippen LogP contribution is -2.43. The summed E-state index contributed by atoms with van der Waals surface area (Å²) in [6, 6.07) is 7.26. The number of amides is 2. The maximum atomic E-state index is 12.9. The SMILES string of the molecule is CCN(CC(=O)NC(C)C)C(=O)CSc1nc2ccccc2c(=O)n1CC(C)C. The summed E-state index contributed by atoms with van der Waals surface area (Å²) in [6.07, 6.45) is 0. The third-order valence-corrected chi connectivity index (χ3v) is 5.18. The molecule has 7 nitrogen and oxygen atoms in total. The number of thioether (sulfide) groups is 1. The van der Waals surface area contributed by atoms with E-state index in [4.69, 9.17) is 0 Å². The van der Waals surface area contributed by atoms with Gasteiger partial charge >= 0.3 is 0 Å². The van der Waals surface area contributed by atoms with Gasteiger partial charge in [-0.15, -0.1) is 0 Å². The molecule has 1 aromatic heterocycles. The molecule has 2 aromatic rings. The summed E-state index contributed by atoms with van der Waals surface area (Å²) in [4.78, 5) is 43.7. The molecule has 0 radical (unpaired) electrons. The Morgan fingerprint density at radius 1 is 1.21 bits per heavy atom. The molecule has 0 bridgehead atoms. The van der Waals surface area contributed by atoms with E-state index < -0.39 is 0 Å². The minimum absolute atomic E-state index is 0.0258. The second-order valence-electron chi connectivity index (χ2n) is 7.64. The van der Waals surface area contributed by atoms with Gasteiger partial charge in [0, 0.05) is 19.1 Å². The molecule has 0 aliphatic rings. The summed E-state index contributed by atoms with van der Waals surface area (Å²) in [5.41, 5.74) is 0.527. The summed E-state index contributed by atoms with van der Waals surface area (Å²) in [7, 11) is 0. The standard InChI is InChI=1S/C21H30N4O3S/c1-6-24(12-18(26)22-15(4)5)19(27)13-29-21-23-17-10-8-7-9-16(17)20(28)25(21)11-14(2)3/h7-10,14-15H,6,11-13H2,1-5H3,(H,22,26). The molecule has 0 unspecified atom stereocenters.